The summed E-state index contributed by atoms with van der Waals surface area (Å²) in [4.78, 5) is 18.9. The van der Waals surface area contributed by atoms with Crippen LogP contribution in [0.15, 0.2) is 59.2 Å². The third kappa shape index (κ3) is 3.52. The predicted octanol–water partition coefficient (Wildman–Crippen LogP) is 5.20. The molecule has 7 heteroatoms. The highest BCUT2D eigenvalue weighted by Gasteiger charge is 2.15. The van der Waals surface area contributed by atoms with E-state index in [9.17, 15) is 9.18 Å². The first kappa shape index (κ1) is 17.9. The molecule has 2 aromatic carbocycles. The summed E-state index contributed by atoms with van der Waals surface area (Å²) in [6, 6.07) is 13.6. The smallest absolute Gasteiger partial charge is 0.252 e. The van der Waals surface area contributed by atoms with Gasteiger partial charge in [0.2, 0.25) is 0 Å². The van der Waals surface area contributed by atoms with Gasteiger partial charge in [-0.25, -0.2) is 9.37 Å². The lowest BCUT2D eigenvalue weighted by atomic mass is 10.2. The minimum Gasteiger partial charge on any atom is -0.347 e. The Balaban J connectivity index is 1.54. The molecule has 4 aromatic rings. The van der Waals surface area contributed by atoms with Crippen LogP contribution >= 0.6 is 27.3 Å². The van der Waals surface area contributed by atoms with Gasteiger partial charge in [0.1, 0.15) is 5.82 Å². The maximum Gasteiger partial charge on any atom is 0.252 e. The topological polar surface area (TPSA) is 46.4 Å². The largest absolute Gasteiger partial charge is 0.347 e. The number of aryl methyl sites for hydroxylation is 1. The molecule has 4 rings (SSSR count). The monoisotopic (exact) mass is 443 g/mol. The van der Waals surface area contributed by atoms with E-state index in [-0.39, 0.29) is 11.7 Å². The number of nitrogens with one attached hydrogen (secondary N) is 1. The van der Waals surface area contributed by atoms with Crippen molar-refractivity contribution in [1.29, 1.82) is 0 Å². The molecule has 2 heterocycles. The number of benzene rings is 2. The zero-order valence-electron chi connectivity index (χ0n) is 14.4. The molecule has 0 saturated heterocycles. The molecule has 0 spiro atoms. The predicted molar refractivity (Wildman–Crippen MR) is 109 cm³/mol. The van der Waals surface area contributed by atoms with Crippen LogP contribution in [0.3, 0.4) is 0 Å². The molecule has 0 saturated carbocycles. The summed E-state index contributed by atoms with van der Waals surface area (Å²) in [5.74, 6) is -0.390. The standard InChI is InChI=1S/C20H15BrFN3OS/c1-12-18(10-23-19(26)15-4-2-3-5-16(15)21)27-20-24-17(11-25(12)20)13-6-8-14(22)9-7-13/h2-9,11H,10H2,1H3,(H,23,26). The summed E-state index contributed by atoms with van der Waals surface area (Å²) < 4.78 is 15.9. The van der Waals surface area contributed by atoms with Crippen molar-refractivity contribution in [2.75, 3.05) is 0 Å². The van der Waals surface area contributed by atoms with E-state index in [1.807, 2.05) is 35.7 Å². The molecule has 0 fully saturated rings. The molecule has 1 amide bonds. The second-order valence-corrected chi connectivity index (χ2v) is 7.98. The summed E-state index contributed by atoms with van der Waals surface area (Å²) in [7, 11) is 0. The molecular formula is C20H15BrFN3OS. The van der Waals surface area contributed by atoms with Crippen LogP contribution in [0.25, 0.3) is 16.2 Å². The first-order valence-corrected chi connectivity index (χ1v) is 9.90. The zero-order chi connectivity index (χ0) is 19.0. The molecule has 0 atom stereocenters. The normalized spacial score (nSPS) is 11.1. The molecule has 27 heavy (non-hydrogen) atoms. The fourth-order valence-corrected chi connectivity index (χ4v) is 4.33. The Bertz CT molecular complexity index is 1130. The van der Waals surface area contributed by atoms with E-state index >= 15 is 0 Å². The maximum atomic E-state index is 13.1. The van der Waals surface area contributed by atoms with Gasteiger partial charge in [0, 0.05) is 26.8 Å². The van der Waals surface area contributed by atoms with Crippen LogP contribution in [0.2, 0.25) is 0 Å². The van der Waals surface area contributed by atoms with Crippen LogP contribution in [-0.2, 0) is 6.54 Å². The van der Waals surface area contributed by atoms with E-state index in [0.29, 0.717) is 12.1 Å². The maximum absolute atomic E-state index is 13.1. The average Bonchev–Trinajstić information content (AvgIpc) is 3.20. The highest BCUT2D eigenvalue weighted by molar-refractivity contribution is 9.10. The Hall–Kier alpha value is -2.51. The number of fused-ring (bicyclic) bond motifs is 1. The number of hydrogen-bond acceptors (Lipinski definition) is 3. The summed E-state index contributed by atoms with van der Waals surface area (Å²) in [5, 5.41) is 2.96. The molecule has 2 aromatic heterocycles. The van der Waals surface area contributed by atoms with Gasteiger partial charge < -0.3 is 5.32 Å². The van der Waals surface area contributed by atoms with Crippen molar-refractivity contribution in [2.24, 2.45) is 0 Å². The molecule has 0 radical (unpaired) electrons. The summed E-state index contributed by atoms with van der Waals surface area (Å²) >= 11 is 4.93. The van der Waals surface area contributed by atoms with Crippen LogP contribution in [0, 0.1) is 12.7 Å². The number of imidazole rings is 1. The number of thiazole rings is 1. The summed E-state index contributed by atoms with van der Waals surface area (Å²) in [6.07, 6.45) is 1.94. The third-order valence-corrected chi connectivity index (χ3v) is 6.17. The zero-order valence-corrected chi connectivity index (χ0v) is 16.8. The van der Waals surface area contributed by atoms with Crippen molar-refractivity contribution in [3.05, 3.63) is 81.2 Å². The Morgan fingerprint density at radius 3 is 2.67 bits per heavy atom. The number of carbonyl (C=O) groups excluding carboxylic acids is 1. The van der Waals surface area contributed by atoms with Crippen LogP contribution in [0.4, 0.5) is 4.39 Å². The SMILES string of the molecule is Cc1c(CNC(=O)c2ccccc2Br)sc2nc(-c3ccc(F)cc3)cn12. The molecule has 136 valence electrons. The lowest BCUT2D eigenvalue weighted by Crippen LogP contribution is -2.23. The van der Waals surface area contributed by atoms with Gasteiger partial charge >= 0.3 is 0 Å². The van der Waals surface area contributed by atoms with Crippen LogP contribution < -0.4 is 5.32 Å². The van der Waals surface area contributed by atoms with Crippen molar-refractivity contribution in [3.8, 4) is 11.3 Å². The molecule has 4 nitrogen and oxygen atoms in total. The molecule has 0 unspecified atom stereocenters. The number of carbonyl (C=O) groups is 1. The minimum absolute atomic E-state index is 0.125. The summed E-state index contributed by atoms with van der Waals surface area (Å²) in [6.45, 7) is 2.44. The van der Waals surface area contributed by atoms with Gasteiger partial charge in [-0.3, -0.25) is 9.20 Å². The van der Waals surface area contributed by atoms with Gasteiger partial charge in [0.15, 0.2) is 4.96 Å². The minimum atomic E-state index is -0.265. The van der Waals surface area contributed by atoms with Gasteiger partial charge in [-0.1, -0.05) is 23.5 Å². The highest BCUT2D eigenvalue weighted by atomic mass is 79.9. The quantitative estimate of drug-likeness (QED) is 0.470. The Morgan fingerprint density at radius 1 is 1.22 bits per heavy atom. The van der Waals surface area contributed by atoms with Gasteiger partial charge in [0.05, 0.1) is 17.8 Å². The van der Waals surface area contributed by atoms with Gasteiger partial charge in [-0.05, 0) is 59.3 Å². The van der Waals surface area contributed by atoms with Crippen LogP contribution in [0.1, 0.15) is 20.9 Å². The van der Waals surface area contributed by atoms with Crippen molar-refractivity contribution < 1.29 is 9.18 Å². The second-order valence-electron chi connectivity index (χ2n) is 6.06. The van der Waals surface area contributed by atoms with E-state index in [1.165, 1.54) is 23.5 Å². The lowest BCUT2D eigenvalue weighted by molar-refractivity contribution is 0.0950. The molecular weight excluding hydrogens is 429 g/mol. The number of aromatic nitrogens is 2. The van der Waals surface area contributed by atoms with E-state index in [4.69, 9.17) is 0 Å². The number of amides is 1. The molecule has 0 aliphatic heterocycles. The van der Waals surface area contributed by atoms with Crippen LogP contribution in [0.5, 0.6) is 0 Å². The highest BCUT2D eigenvalue weighted by Crippen LogP contribution is 2.27. The number of nitrogens with zero attached hydrogens (tertiary/aromatic N) is 2. The van der Waals surface area contributed by atoms with Crippen molar-refractivity contribution >= 4 is 38.1 Å². The van der Waals surface area contributed by atoms with Gasteiger partial charge in [-0.2, -0.15) is 0 Å². The fraction of sp³-hybridized carbons (Fsp3) is 0.100. The number of halogens is 2. The van der Waals surface area contributed by atoms with E-state index in [0.717, 1.165) is 31.3 Å². The Kier molecular flexibility index (Phi) is 4.80. The van der Waals surface area contributed by atoms with E-state index in [2.05, 4.69) is 26.2 Å². The molecule has 0 aliphatic carbocycles. The van der Waals surface area contributed by atoms with Gasteiger partial charge in [0.25, 0.3) is 5.91 Å². The number of hydrogen-bond donors (Lipinski definition) is 1. The summed E-state index contributed by atoms with van der Waals surface area (Å²) in [5.41, 5.74) is 3.31. The van der Waals surface area contributed by atoms with E-state index in [1.54, 1.807) is 18.2 Å². The fourth-order valence-electron chi connectivity index (χ4n) is 2.82. The molecule has 0 aliphatic rings. The van der Waals surface area contributed by atoms with Gasteiger partial charge in [-0.15, -0.1) is 0 Å². The number of rotatable bonds is 4. The first-order chi connectivity index (χ1) is 13.0. The van der Waals surface area contributed by atoms with Crippen molar-refractivity contribution in [1.82, 2.24) is 14.7 Å². The lowest BCUT2D eigenvalue weighted by Gasteiger charge is -2.06. The molecule has 0 bridgehead atoms. The van der Waals surface area contributed by atoms with Crippen molar-refractivity contribution in [2.45, 2.75) is 13.5 Å². The van der Waals surface area contributed by atoms with E-state index < -0.39 is 0 Å². The Morgan fingerprint density at radius 2 is 1.96 bits per heavy atom. The van der Waals surface area contributed by atoms with Crippen molar-refractivity contribution in [3.63, 3.8) is 0 Å². The Labute approximate surface area is 167 Å². The first-order valence-electron chi connectivity index (χ1n) is 8.29. The molecule has 1 N–H and O–H groups in total. The average molecular weight is 444 g/mol. The second kappa shape index (κ2) is 7.25. The van der Waals surface area contributed by atoms with Crippen LogP contribution in [-0.4, -0.2) is 15.3 Å². The third-order valence-electron chi connectivity index (χ3n) is 4.32.